The first kappa shape index (κ1) is 19.3. The van der Waals surface area contributed by atoms with Crippen molar-refractivity contribution in [1.82, 2.24) is 15.1 Å². The van der Waals surface area contributed by atoms with Gasteiger partial charge in [0, 0.05) is 18.5 Å². The van der Waals surface area contributed by atoms with Gasteiger partial charge in [-0.1, -0.05) is 49.4 Å². The molecule has 0 radical (unpaired) electrons. The van der Waals surface area contributed by atoms with Crippen molar-refractivity contribution in [3.8, 4) is 10.6 Å². The van der Waals surface area contributed by atoms with Gasteiger partial charge in [-0.05, 0) is 23.6 Å². The molecule has 2 amide bonds. The van der Waals surface area contributed by atoms with Crippen LogP contribution in [-0.2, 0) is 16.1 Å². The van der Waals surface area contributed by atoms with Crippen LogP contribution in [0.3, 0.4) is 0 Å². The van der Waals surface area contributed by atoms with Crippen LogP contribution in [0, 0.1) is 5.92 Å². The number of hydrogen-bond acceptors (Lipinski definition) is 6. The van der Waals surface area contributed by atoms with Gasteiger partial charge in [0.05, 0.1) is 18.7 Å². The number of likely N-dealkylation sites (tertiary alicyclic amines) is 1. The van der Waals surface area contributed by atoms with Crippen LogP contribution in [0.1, 0.15) is 37.5 Å². The molecule has 0 aliphatic carbocycles. The van der Waals surface area contributed by atoms with Crippen LogP contribution in [0.2, 0.25) is 0 Å². The van der Waals surface area contributed by atoms with Gasteiger partial charge in [-0.25, -0.2) is 0 Å². The predicted octanol–water partition coefficient (Wildman–Crippen LogP) is 3.91. The molecule has 1 aliphatic heterocycles. The van der Waals surface area contributed by atoms with Gasteiger partial charge in [-0.3, -0.25) is 9.59 Å². The molecule has 8 heteroatoms. The Morgan fingerprint density at radius 2 is 2.07 bits per heavy atom. The zero-order valence-corrected chi connectivity index (χ0v) is 17.1. The highest BCUT2D eigenvalue weighted by Gasteiger charge is 2.35. The molecule has 1 N–H and O–H groups in total. The van der Waals surface area contributed by atoms with Gasteiger partial charge in [-0.2, -0.15) is 0 Å². The molecular formula is C21H22N4O3S. The fourth-order valence-electron chi connectivity index (χ4n) is 3.30. The Bertz CT molecular complexity index is 995. The van der Waals surface area contributed by atoms with Gasteiger partial charge in [0.1, 0.15) is 10.8 Å². The third-order valence-corrected chi connectivity index (χ3v) is 5.88. The van der Waals surface area contributed by atoms with E-state index in [9.17, 15) is 9.59 Å². The largest absolute Gasteiger partial charge is 0.467 e. The van der Waals surface area contributed by atoms with E-state index in [4.69, 9.17) is 4.42 Å². The first-order valence-electron chi connectivity index (χ1n) is 9.54. The van der Waals surface area contributed by atoms with Gasteiger partial charge in [0.2, 0.25) is 16.9 Å². The number of carbonyl (C=O) groups is 2. The molecule has 3 heterocycles. The summed E-state index contributed by atoms with van der Waals surface area (Å²) < 4.78 is 5.29. The average molecular weight is 410 g/mol. The Balaban J connectivity index is 1.37. The number of aromatic nitrogens is 2. The van der Waals surface area contributed by atoms with Crippen molar-refractivity contribution in [2.45, 2.75) is 32.7 Å². The minimum absolute atomic E-state index is 0.0512. The topological polar surface area (TPSA) is 88.3 Å². The number of benzene rings is 1. The number of amides is 2. The lowest BCUT2D eigenvalue weighted by atomic mass is 10.0. The Labute approximate surface area is 172 Å². The fraction of sp³-hybridized carbons (Fsp3) is 0.333. The van der Waals surface area contributed by atoms with Crippen LogP contribution in [-0.4, -0.2) is 33.5 Å². The quantitative estimate of drug-likeness (QED) is 0.666. The molecule has 3 aromatic rings. The van der Waals surface area contributed by atoms with Crippen molar-refractivity contribution in [1.29, 1.82) is 0 Å². The van der Waals surface area contributed by atoms with Gasteiger partial charge >= 0.3 is 0 Å². The molecule has 4 rings (SSSR count). The second kappa shape index (κ2) is 8.16. The molecule has 0 bridgehead atoms. The molecule has 1 unspecified atom stereocenters. The molecule has 1 aromatic carbocycles. The minimum atomic E-state index is -0.407. The summed E-state index contributed by atoms with van der Waals surface area (Å²) in [5.74, 6) is 0.504. The van der Waals surface area contributed by atoms with E-state index in [1.165, 1.54) is 16.9 Å². The number of hydrogen-bond donors (Lipinski definition) is 1. The first-order chi connectivity index (χ1) is 14.0. The molecule has 7 nitrogen and oxygen atoms in total. The van der Waals surface area contributed by atoms with Crippen molar-refractivity contribution < 1.29 is 14.0 Å². The van der Waals surface area contributed by atoms with E-state index in [1.54, 1.807) is 17.2 Å². The smallest absolute Gasteiger partial charge is 0.231 e. The zero-order valence-electron chi connectivity index (χ0n) is 16.3. The van der Waals surface area contributed by atoms with Crippen molar-refractivity contribution >= 4 is 28.3 Å². The van der Waals surface area contributed by atoms with Gasteiger partial charge in [-0.15, -0.1) is 10.2 Å². The summed E-state index contributed by atoms with van der Waals surface area (Å²) in [4.78, 5) is 26.5. The molecule has 1 aliphatic rings. The van der Waals surface area contributed by atoms with E-state index in [0.29, 0.717) is 29.9 Å². The number of furan rings is 1. The van der Waals surface area contributed by atoms with Crippen LogP contribution in [0.15, 0.2) is 47.1 Å². The Morgan fingerprint density at radius 1 is 1.28 bits per heavy atom. The number of rotatable bonds is 6. The second-order valence-corrected chi connectivity index (χ2v) is 8.41. The second-order valence-electron chi connectivity index (χ2n) is 7.43. The third kappa shape index (κ3) is 4.37. The van der Waals surface area contributed by atoms with Crippen molar-refractivity contribution in [2.75, 3.05) is 11.9 Å². The number of carbonyl (C=O) groups excluding carboxylic acids is 2. The van der Waals surface area contributed by atoms with E-state index >= 15 is 0 Å². The van der Waals surface area contributed by atoms with E-state index in [0.717, 1.165) is 10.6 Å². The SMILES string of the molecule is CC(C)c1ccc(-c2nnc(NC(=O)C3CC(=O)N(Cc4ccco4)C3)s2)cc1. The summed E-state index contributed by atoms with van der Waals surface area (Å²) >= 11 is 1.33. The highest BCUT2D eigenvalue weighted by molar-refractivity contribution is 7.18. The van der Waals surface area contributed by atoms with Crippen LogP contribution in [0.25, 0.3) is 10.6 Å². The van der Waals surface area contributed by atoms with Gasteiger partial charge in [0.15, 0.2) is 0 Å². The van der Waals surface area contributed by atoms with E-state index in [2.05, 4.69) is 41.5 Å². The highest BCUT2D eigenvalue weighted by atomic mass is 32.1. The van der Waals surface area contributed by atoms with Gasteiger partial charge < -0.3 is 14.6 Å². The Hall–Kier alpha value is -3.00. The molecule has 1 atom stereocenters. The molecule has 1 saturated heterocycles. The molecule has 2 aromatic heterocycles. The maximum absolute atomic E-state index is 12.6. The molecule has 1 fully saturated rings. The fourth-order valence-corrected chi connectivity index (χ4v) is 4.05. The molecule has 0 saturated carbocycles. The maximum atomic E-state index is 12.6. The third-order valence-electron chi connectivity index (χ3n) is 4.99. The maximum Gasteiger partial charge on any atom is 0.231 e. The van der Waals surface area contributed by atoms with Crippen molar-refractivity contribution in [3.63, 3.8) is 0 Å². The average Bonchev–Trinajstić information content (AvgIpc) is 3.45. The molecular weight excluding hydrogens is 388 g/mol. The standard InChI is InChI=1S/C21H22N4O3S/c1-13(2)14-5-7-15(8-6-14)20-23-24-21(29-20)22-19(27)16-10-18(26)25(11-16)12-17-4-3-9-28-17/h3-9,13,16H,10-12H2,1-2H3,(H,22,24,27). The summed E-state index contributed by atoms with van der Waals surface area (Å²) in [7, 11) is 0. The summed E-state index contributed by atoms with van der Waals surface area (Å²) in [5, 5.41) is 12.3. The molecule has 0 spiro atoms. The van der Waals surface area contributed by atoms with E-state index in [1.807, 2.05) is 18.2 Å². The summed E-state index contributed by atoms with van der Waals surface area (Å²) in [5.41, 5.74) is 2.23. The Kier molecular flexibility index (Phi) is 5.44. The summed E-state index contributed by atoms with van der Waals surface area (Å²) in [6.07, 6.45) is 1.76. The first-order valence-corrected chi connectivity index (χ1v) is 10.4. The highest BCUT2D eigenvalue weighted by Crippen LogP contribution is 2.29. The van der Waals surface area contributed by atoms with E-state index in [-0.39, 0.29) is 18.2 Å². The Morgan fingerprint density at radius 3 is 2.76 bits per heavy atom. The number of nitrogens with one attached hydrogen (secondary N) is 1. The molecule has 150 valence electrons. The predicted molar refractivity (Wildman–Crippen MR) is 110 cm³/mol. The summed E-state index contributed by atoms with van der Waals surface area (Å²) in [6, 6.07) is 11.8. The lowest BCUT2D eigenvalue weighted by Crippen LogP contribution is -2.27. The van der Waals surface area contributed by atoms with E-state index < -0.39 is 5.92 Å². The van der Waals surface area contributed by atoms with Crippen LogP contribution < -0.4 is 5.32 Å². The number of nitrogens with zero attached hydrogens (tertiary/aromatic N) is 3. The van der Waals surface area contributed by atoms with Crippen molar-refractivity contribution in [2.24, 2.45) is 5.92 Å². The minimum Gasteiger partial charge on any atom is -0.467 e. The zero-order chi connectivity index (χ0) is 20.4. The number of anilines is 1. The van der Waals surface area contributed by atoms with Gasteiger partial charge in [0.25, 0.3) is 0 Å². The lowest BCUT2D eigenvalue weighted by molar-refractivity contribution is -0.128. The van der Waals surface area contributed by atoms with Crippen LogP contribution in [0.4, 0.5) is 5.13 Å². The van der Waals surface area contributed by atoms with Crippen LogP contribution in [0.5, 0.6) is 0 Å². The lowest BCUT2D eigenvalue weighted by Gasteiger charge is -2.14. The normalized spacial score (nSPS) is 16.6. The summed E-state index contributed by atoms with van der Waals surface area (Å²) in [6.45, 7) is 5.05. The van der Waals surface area contributed by atoms with Crippen LogP contribution >= 0.6 is 11.3 Å². The van der Waals surface area contributed by atoms with Crippen molar-refractivity contribution in [3.05, 3.63) is 54.0 Å². The molecule has 29 heavy (non-hydrogen) atoms. The monoisotopic (exact) mass is 410 g/mol.